The van der Waals surface area contributed by atoms with Crippen molar-refractivity contribution in [2.24, 2.45) is 0 Å². The molecule has 0 saturated carbocycles. The highest BCUT2D eigenvalue weighted by atomic mass is 35.5. The molecule has 1 atom stereocenters. The molecule has 0 aliphatic carbocycles. The molecule has 3 rings (SSSR count). The van der Waals surface area contributed by atoms with Crippen LogP contribution in [0.25, 0.3) is 11.3 Å². The number of nitrogens with one attached hydrogen (secondary N) is 1. The van der Waals surface area contributed by atoms with Gasteiger partial charge in [0.05, 0.1) is 17.7 Å². The number of methoxy groups -OCH3 is 1. The first-order valence-corrected chi connectivity index (χ1v) is 8.44. The third-order valence-electron chi connectivity index (χ3n) is 4.21. The molecule has 6 heteroatoms. The highest BCUT2D eigenvalue weighted by Gasteiger charge is 2.23. The minimum atomic E-state index is -0.0903. The van der Waals surface area contributed by atoms with E-state index in [1.807, 2.05) is 36.4 Å². The number of amides is 2. The monoisotopic (exact) mass is 348 g/mol. The minimum absolute atomic E-state index is 0.0903. The Morgan fingerprint density at radius 1 is 1.38 bits per heavy atom. The molecule has 0 radical (unpaired) electrons. The van der Waals surface area contributed by atoms with Gasteiger partial charge in [-0.3, -0.25) is 0 Å². The van der Waals surface area contributed by atoms with Crippen LogP contribution < -0.4 is 5.32 Å². The van der Waals surface area contributed by atoms with Crippen molar-refractivity contribution < 1.29 is 13.9 Å². The fourth-order valence-corrected chi connectivity index (χ4v) is 3.10. The topological polar surface area (TPSA) is 54.7 Å². The fraction of sp³-hybridized carbons (Fsp3) is 0.389. The molecule has 1 fully saturated rings. The van der Waals surface area contributed by atoms with Gasteiger partial charge in [0.1, 0.15) is 11.5 Å². The van der Waals surface area contributed by atoms with E-state index in [0.29, 0.717) is 29.6 Å². The maximum absolute atomic E-state index is 12.3. The molecule has 0 spiro atoms. The van der Waals surface area contributed by atoms with E-state index >= 15 is 0 Å². The molecule has 5 nitrogen and oxygen atoms in total. The number of hydrogen-bond acceptors (Lipinski definition) is 3. The number of furan rings is 1. The van der Waals surface area contributed by atoms with Gasteiger partial charge < -0.3 is 19.4 Å². The molecule has 1 saturated heterocycles. The molecule has 1 aromatic heterocycles. The number of nitrogens with zero attached hydrogens (tertiary/aromatic N) is 1. The number of likely N-dealkylation sites (tertiary alicyclic amines) is 1. The van der Waals surface area contributed by atoms with Crippen molar-refractivity contribution in [1.29, 1.82) is 0 Å². The summed E-state index contributed by atoms with van der Waals surface area (Å²) >= 11 is 6.18. The first-order chi connectivity index (χ1) is 11.7. The summed E-state index contributed by atoms with van der Waals surface area (Å²) in [5.74, 6) is 1.39. The van der Waals surface area contributed by atoms with E-state index in [4.69, 9.17) is 20.8 Å². The van der Waals surface area contributed by atoms with Crippen molar-refractivity contribution in [3.8, 4) is 11.3 Å². The third kappa shape index (κ3) is 3.91. The first-order valence-electron chi connectivity index (χ1n) is 8.06. The lowest BCUT2D eigenvalue weighted by Crippen LogP contribution is -2.47. The van der Waals surface area contributed by atoms with Gasteiger partial charge in [0.25, 0.3) is 0 Å². The van der Waals surface area contributed by atoms with Gasteiger partial charge in [-0.2, -0.15) is 0 Å². The van der Waals surface area contributed by atoms with Crippen LogP contribution in [0.15, 0.2) is 40.8 Å². The number of rotatable bonds is 4. The normalized spacial score (nSPS) is 17.8. The molecule has 2 amide bonds. The number of ether oxygens (including phenoxy) is 1. The summed E-state index contributed by atoms with van der Waals surface area (Å²) in [4.78, 5) is 14.0. The van der Waals surface area contributed by atoms with Crippen LogP contribution in [0.1, 0.15) is 18.6 Å². The summed E-state index contributed by atoms with van der Waals surface area (Å²) in [6.07, 6.45) is 2.09. The van der Waals surface area contributed by atoms with E-state index in [-0.39, 0.29) is 12.1 Å². The van der Waals surface area contributed by atoms with Crippen LogP contribution in [0.5, 0.6) is 0 Å². The standard InChI is InChI=1S/C18H21ClN2O3/c1-23-14-5-4-10-21(12-14)18(22)20-11-13-8-9-17(24-13)15-6-2-3-7-16(15)19/h2-3,6-9,14H,4-5,10-12H2,1H3,(H,20,22). The van der Waals surface area contributed by atoms with Gasteiger partial charge in [0, 0.05) is 25.8 Å². The lowest BCUT2D eigenvalue weighted by molar-refractivity contribution is 0.0433. The van der Waals surface area contributed by atoms with Crippen molar-refractivity contribution in [3.05, 3.63) is 47.2 Å². The molecule has 2 aromatic rings. The number of halogens is 1. The fourth-order valence-electron chi connectivity index (χ4n) is 2.87. The summed E-state index contributed by atoms with van der Waals surface area (Å²) < 4.78 is 11.1. The maximum Gasteiger partial charge on any atom is 0.317 e. The van der Waals surface area contributed by atoms with E-state index in [1.165, 1.54) is 0 Å². The predicted molar refractivity (Wildman–Crippen MR) is 93.0 cm³/mol. The molecule has 1 aliphatic heterocycles. The smallest absolute Gasteiger partial charge is 0.317 e. The average molecular weight is 349 g/mol. The number of hydrogen-bond donors (Lipinski definition) is 1. The molecule has 1 aromatic carbocycles. The van der Waals surface area contributed by atoms with E-state index in [2.05, 4.69) is 5.32 Å². The molecule has 1 aliphatic rings. The Morgan fingerprint density at radius 2 is 2.21 bits per heavy atom. The Kier molecular flexibility index (Phi) is 5.43. The number of urea groups is 1. The number of carbonyl (C=O) groups is 1. The van der Waals surface area contributed by atoms with E-state index < -0.39 is 0 Å². The Morgan fingerprint density at radius 3 is 3.00 bits per heavy atom. The van der Waals surface area contributed by atoms with Crippen LogP contribution in [0.4, 0.5) is 4.79 Å². The zero-order valence-corrected chi connectivity index (χ0v) is 14.4. The molecule has 2 heterocycles. The summed E-state index contributed by atoms with van der Waals surface area (Å²) in [5, 5.41) is 3.54. The van der Waals surface area contributed by atoms with E-state index in [1.54, 1.807) is 12.0 Å². The largest absolute Gasteiger partial charge is 0.459 e. The van der Waals surface area contributed by atoms with Crippen LogP contribution in [-0.2, 0) is 11.3 Å². The molecular formula is C18H21ClN2O3. The number of piperidine rings is 1. The van der Waals surface area contributed by atoms with Gasteiger partial charge in [-0.25, -0.2) is 4.79 Å². The summed E-state index contributed by atoms with van der Waals surface area (Å²) in [7, 11) is 1.69. The Bertz CT molecular complexity index is 701. The van der Waals surface area contributed by atoms with Gasteiger partial charge in [0.15, 0.2) is 0 Å². The minimum Gasteiger partial charge on any atom is -0.459 e. The second-order valence-corrected chi connectivity index (χ2v) is 6.26. The maximum atomic E-state index is 12.3. The lowest BCUT2D eigenvalue weighted by Gasteiger charge is -2.31. The van der Waals surface area contributed by atoms with Gasteiger partial charge in [-0.15, -0.1) is 0 Å². The SMILES string of the molecule is COC1CCCN(C(=O)NCc2ccc(-c3ccccc3Cl)o2)C1. The van der Waals surface area contributed by atoms with Gasteiger partial charge in [-0.05, 0) is 37.1 Å². The molecule has 1 unspecified atom stereocenters. The van der Waals surface area contributed by atoms with Crippen LogP contribution in [0, 0.1) is 0 Å². The Hall–Kier alpha value is -1.98. The van der Waals surface area contributed by atoms with Crippen LogP contribution in [0.3, 0.4) is 0 Å². The third-order valence-corrected chi connectivity index (χ3v) is 4.54. The van der Waals surface area contributed by atoms with Crippen molar-refractivity contribution in [3.63, 3.8) is 0 Å². The zero-order chi connectivity index (χ0) is 16.9. The molecular weight excluding hydrogens is 328 g/mol. The summed E-state index contributed by atoms with van der Waals surface area (Å²) in [5.41, 5.74) is 0.843. The van der Waals surface area contributed by atoms with E-state index in [0.717, 1.165) is 24.9 Å². The van der Waals surface area contributed by atoms with Crippen molar-refractivity contribution >= 4 is 17.6 Å². The van der Waals surface area contributed by atoms with Crippen LogP contribution in [0.2, 0.25) is 5.02 Å². The van der Waals surface area contributed by atoms with Gasteiger partial charge in [0.2, 0.25) is 0 Å². The van der Waals surface area contributed by atoms with E-state index in [9.17, 15) is 4.79 Å². The highest BCUT2D eigenvalue weighted by Crippen LogP contribution is 2.29. The second-order valence-electron chi connectivity index (χ2n) is 5.85. The number of benzene rings is 1. The second kappa shape index (κ2) is 7.73. The molecule has 0 bridgehead atoms. The summed E-state index contributed by atoms with van der Waals surface area (Å²) in [6.45, 7) is 1.73. The first kappa shape index (κ1) is 16.9. The number of carbonyl (C=O) groups excluding carboxylic acids is 1. The Balaban J connectivity index is 1.57. The Labute approximate surface area is 146 Å². The predicted octanol–water partition coefficient (Wildman–Crippen LogP) is 3.92. The van der Waals surface area contributed by atoms with Crippen molar-refractivity contribution in [2.75, 3.05) is 20.2 Å². The molecule has 1 N–H and O–H groups in total. The van der Waals surface area contributed by atoms with Crippen LogP contribution >= 0.6 is 11.6 Å². The quantitative estimate of drug-likeness (QED) is 0.911. The average Bonchev–Trinajstić information content (AvgIpc) is 3.09. The van der Waals surface area contributed by atoms with Gasteiger partial charge >= 0.3 is 6.03 Å². The van der Waals surface area contributed by atoms with Gasteiger partial charge in [-0.1, -0.05) is 23.7 Å². The zero-order valence-electron chi connectivity index (χ0n) is 13.6. The van der Waals surface area contributed by atoms with Crippen molar-refractivity contribution in [2.45, 2.75) is 25.5 Å². The molecule has 128 valence electrons. The molecule has 24 heavy (non-hydrogen) atoms. The van der Waals surface area contributed by atoms with Crippen LogP contribution in [-0.4, -0.2) is 37.2 Å². The lowest BCUT2D eigenvalue weighted by atomic mass is 10.1. The van der Waals surface area contributed by atoms with Crippen molar-refractivity contribution in [1.82, 2.24) is 10.2 Å². The summed E-state index contributed by atoms with van der Waals surface area (Å²) in [6, 6.07) is 11.1. The highest BCUT2D eigenvalue weighted by molar-refractivity contribution is 6.33.